The van der Waals surface area contributed by atoms with Gasteiger partial charge in [-0.1, -0.05) is 33.6 Å². The second-order valence-electron chi connectivity index (χ2n) is 6.70. The number of ether oxygens (including phenoxy) is 1. The first-order valence-electron chi connectivity index (χ1n) is 9.24. The van der Waals surface area contributed by atoms with Crippen LogP contribution in [-0.2, 0) is 0 Å². The number of nitrogens with zero attached hydrogens (tertiary/aromatic N) is 4. The molecule has 4 rings (SSSR count). The summed E-state index contributed by atoms with van der Waals surface area (Å²) >= 11 is 9.64. The third kappa shape index (κ3) is 4.11. The molecule has 6 nitrogen and oxygen atoms in total. The molecular weight excluding hydrogens is 456 g/mol. The lowest BCUT2D eigenvalue weighted by Crippen LogP contribution is -2.49. The number of hydrogen-bond acceptors (Lipinski definition) is 4. The van der Waals surface area contributed by atoms with Gasteiger partial charge in [0.05, 0.1) is 23.4 Å². The molecule has 0 unspecified atom stereocenters. The Morgan fingerprint density at radius 2 is 1.93 bits per heavy atom. The van der Waals surface area contributed by atoms with Crippen molar-refractivity contribution in [3.63, 3.8) is 0 Å². The zero-order valence-electron chi connectivity index (χ0n) is 15.9. The Kier molecular flexibility index (Phi) is 5.78. The van der Waals surface area contributed by atoms with Gasteiger partial charge in [-0.15, -0.1) is 0 Å². The number of piperazine rings is 1. The van der Waals surface area contributed by atoms with E-state index in [1.54, 1.807) is 25.4 Å². The fraction of sp³-hybridized carbons (Fsp3) is 0.238. The number of carbonyl (C=O) groups is 1. The van der Waals surface area contributed by atoms with Crippen LogP contribution in [0.4, 0.5) is 5.95 Å². The van der Waals surface area contributed by atoms with Crippen LogP contribution in [0.25, 0.3) is 5.69 Å². The molecule has 0 bridgehead atoms. The molecule has 0 radical (unpaired) electrons. The molecule has 3 aromatic rings. The molecule has 0 aliphatic carbocycles. The van der Waals surface area contributed by atoms with Gasteiger partial charge in [0.15, 0.2) is 0 Å². The molecule has 8 heteroatoms. The van der Waals surface area contributed by atoms with E-state index in [1.165, 1.54) is 0 Å². The van der Waals surface area contributed by atoms with E-state index >= 15 is 0 Å². The van der Waals surface area contributed by atoms with E-state index in [0.717, 1.165) is 21.9 Å². The number of benzene rings is 2. The van der Waals surface area contributed by atoms with Crippen LogP contribution in [0.3, 0.4) is 0 Å². The Morgan fingerprint density at radius 3 is 2.69 bits per heavy atom. The third-order valence-electron chi connectivity index (χ3n) is 4.96. The molecule has 29 heavy (non-hydrogen) atoms. The maximum atomic E-state index is 12.9. The maximum absolute atomic E-state index is 12.9. The Bertz CT molecular complexity index is 1030. The third-order valence-corrected chi connectivity index (χ3v) is 5.78. The topological polar surface area (TPSA) is 50.6 Å². The molecule has 1 amide bonds. The van der Waals surface area contributed by atoms with E-state index in [0.29, 0.717) is 36.8 Å². The van der Waals surface area contributed by atoms with Crippen LogP contribution in [0.1, 0.15) is 10.4 Å². The average Bonchev–Trinajstić information content (AvgIpc) is 3.25. The number of amides is 1. The van der Waals surface area contributed by atoms with Gasteiger partial charge in [-0.05, 0) is 30.3 Å². The van der Waals surface area contributed by atoms with Crippen LogP contribution >= 0.6 is 27.5 Å². The monoisotopic (exact) mass is 474 g/mol. The molecule has 2 heterocycles. The fourth-order valence-electron chi connectivity index (χ4n) is 3.43. The van der Waals surface area contributed by atoms with Crippen LogP contribution < -0.4 is 9.64 Å². The molecule has 0 saturated carbocycles. The standard InChI is InChI=1S/C21H20BrClN4O2/c1-29-17-4-2-3-16(14-17)27-8-7-24-21(27)26-11-9-25(10-12-26)20(28)18-13-15(22)5-6-19(18)23/h2-8,13-14H,9-12H2,1H3. The fourth-order valence-corrected chi connectivity index (χ4v) is 3.99. The molecule has 1 aliphatic heterocycles. The summed E-state index contributed by atoms with van der Waals surface area (Å²) in [5.74, 6) is 1.60. The Labute approximate surface area is 182 Å². The molecule has 1 fully saturated rings. The largest absolute Gasteiger partial charge is 0.497 e. The van der Waals surface area contributed by atoms with Gasteiger partial charge in [-0.2, -0.15) is 0 Å². The number of halogens is 2. The predicted octanol–water partition coefficient (Wildman–Crippen LogP) is 4.26. The zero-order chi connectivity index (χ0) is 20.4. The number of hydrogen-bond donors (Lipinski definition) is 0. The van der Waals surface area contributed by atoms with Crippen LogP contribution in [0.15, 0.2) is 59.3 Å². The summed E-state index contributed by atoms with van der Waals surface area (Å²) in [6, 6.07) is 13.2. The number of methoxy groups -OCH3 is 1. The lowest BCUT2D eigenvalue weighted by Gasteiger charge is -2.35. The number of anilines is 1. The molecule has 0 spiro atoms. The van der Waals surface area contributed by atoms with Gasteiger partial charge in [0.25, 0.3) is 5.91 Å². The highest BCUT2D eigenvalue weighted by Crippen LogP contribution is 2.25. The number of imidazole rings is 1. The number of rotatable bonds is 4. The highest BCUT2D eigenvalue weighted by atomic mass is 79.9. The smallest absolute Gasteiger partial charge is 0.255 e. The second-order valence-corrected chi connectivity index (χ2v) is 8.03. The van der Waals surface area contributed by atoms with Crippen molar-refractivity contribution < 1.29 is 9.53 Å². The molecule has 1 saturated heterocycles. The van der Waals surface area contributed by atoms with Gasteiger partial charge in [0.2, 0.25) is 5.95 Å². The van der Waals surface area contributed by atoms with Crippen molar-refractivity contribution in [2.75, 3.05) is 38.2 Å². The minimum atomic E-state index is -0.0490. The first-order valence-corrected chi connectivity index (χ1v) is 10.4. The summed E-state index contributed by atoms with van der Waals surface area (Å²) in [7, 11) is 1.65. The Morgan fingerprint density at radius 1 is 1.14 bits per heavy atom. The van der Waals surface area contributed by atoms with E-state index in [-0.39, 0.29) is 5.91 Å². The Balaban J connectivity index is 1.49. The lowest BCUT2D eigenvalue weighted by atomic mass is 10.2. The summed E-state index contributed by atoms with van der Waals surface area (Å²) in [6.45, 7) is 2.59. The first kappa shape index (κ1) is 19.8. The number of aromatic nitrogens is 2. The predicted molar refractivity (Wildman–Crippen MR) is 117 cm³/mol. The molecule has 0 atom stereocenters. The van der Waals surface area contributed by atoms with Gasteiger partial charge in [0.1, 0.15) is 5.75 Å². The quantitative estimate of drug-likeness (QED) is 0.566. The first-order chi connectivity index (χ1) is 14.1. The maximum Gasteiger partial charge on any atom is 0.255 e. The van der Waals surface area contributed by atoms with Crippen LogP contribution in [0, 0.1) is 0 Å². The molecule has 1 aliphatic rings. The van der Waals surface area contributed by atoms with Crippen LogP contribution in [0.2, 0.25) is 5.02 Å². The van der Waals surface area contributed by atoms with Crippen molar-refractivity contribution >= 4 is 39.4 Å². The highest BCUT2D eigenvalue weighted by molar-refractivity contribution is 9.10. The van der Waals surface area contributed by atoms with Crippen molar-refractivity contribution in [3.05, 3.63) is 69.9 Å². The molecule has 150 valence electrons. The van der Waals surface area contributed by atoms with Gasteiger partial charge < -0.3 is 14.5 Å². The van der Waals surface area contributed by atoms with Crippen molar-refractivity contribution in [3.8, 4) is 11.4 Å². The summed E-state index contributed by atoms with van der Waals surface area (Å²) in [6.07, 6.45) is 3.72. The summed E-state index contributed by atoms with van der Waals surface area (Å²) in [5.41, 5.74) is 1.50. The average molecular weight is 476 g/mol. The Hall–Kier alpha value is -2.51. The van der Waals surface area contributed by atoms with Gasteiger partial charge >= 0.3 is 0 Å². The summed E-state index contributed by atoms with van der Waals surface area (Å²) < 4.78 is 8.20. The van der Waals surface area contributed by atoms with Crippen molar-refractivity contribution in [2.45, 2.75) is 0 Å². The lowest BCUT2D eigenvalue weighted by molar-refractivity contribution is 0.0746. The molecule has 1 aromatic heterocycles. The van der Waals surface area contributed by atoms with E-state index in [1.807, 2.05) is 46.0 Å². The van der Waals surface area contributed by atoms with Crippen molar-refractivity contribution in [1.82, 2.24) is 14.5 Å². The van der Waals surface area contributed by atoms with Crippen LogP contribution in [-0.4, -0.2) is 53.6 Å². The van der Waals surface area contributed by atoms with Gasteiger partial charge in [0, 0.05) is 49.1 Å². The molecule has 2 aromatic carbocycles. The van der Waals surface area contributed by atoms with E-state index < -0.39 is 0 Å². The minimum absolute atomic E-state index is 0.0490. The van der Waals surface area contributed by atoms with Gasteiger partial charge in [-0.25, -0.2) is 4.98 Å². The van der Waals surface area contributed by atoms with Crippen LogP contribution in [0.5, 0.6) is 5.75 Å². The minimum Gasteiger partial charge on any atom is -0.497 e. The van der Waals surface area contributed by atoms with E-state index in [9.17, 15) is 4.79 Å². The summed E-state index contributed by atoms with van der Waals surface area (Å²) in [4.78, 5) is 21.5. The summed E-state index contributed by atoms with van der Waals surface area (Å²) in [5, 5.41) is 0.467. The normalized spacial score (nSPS) is 14.2. The number of carbonyl (C=O) groups excluding carboxylic acids is 1. The van der Waals surface area contributed by atoms with Gasteiger partial charge in [-0.3, -0.25) is 9.36 Å². The van der Waals surface area contributed by atoms with Crippen molar-refractivity contribution in [2.24, 2.45) is 0 Å². The highest BCUT2D eigenvalue weighted by Gasteiger charge is 2.26. The van der Waals surface area contributed by atoms with E-state index in [4.69, 9.17) is 16.3 Å². The zero-order valence-corrected chi connectivity index (χ0v) is 18.2. The second kappa shape index (κ2) is 8.47. The van der Waals surface area contributed by atoms with E-state index in [2.05, 4.69) is 25.8 Å². The molecular formula is C21H20BrClN4O2. The molecule has 0 N–H and O–H groups in total. The SMILES string of the molecule is COc1cccc(-n2ccnc2N2CCN(C(=O)c3cc(Br)ccc3Cl)CC2)c1. The van der Waals surface area contributed by atoms with Crippen molar-refractivity contribution in [1.29, 1.82) is 0 Å².